The van der Waals surface area contributed by atoms with Crippen LogP contribution in [0.1, 0.15) is 235 Å². The molecule has 0 amide bonds. The molecule has 16 heteroatoms. The third kappa shape index (κ3) is 31.1. The first-order valence-corrected chi connectivity index (χ1v) is 33.5. The number of phenolic OH excluding ortho intramolecular Hbond substituents is 12. The quantitative estimate of drug-likeness (QED) is 0.0601. The molecule has 96 heavy (non-hydrogen) atoms. The molecule has 8 aromatic rings. The zero-order valence-corrected chi connectivity index (χ0v) is 61.3. The van der Waals surface area contributed by atoms with Crippen LogP contribution in [0.2, 0.25) is 10.0 Å². The number of phenols is 12. The van der Waals surface area contributed by atoms with Crippen molar-refractivity contribution in [2.45, 2.75) is 198 Å². The SMILES string of the molecule is CC(C)[C@H]1CCCN1.CC(C)c1ccc(O)c(Cl)c1.CC(C)c1ccc(O)c(F)c1.CC(C)c1ccc(O)c(O)c1.CC(C)c1ccc(O)c(O)c1Cl.CC(C)c1ccc(O)cc1.CC(C)c1ccc(O)cc1O.CC(C)c1cccc(O)c1O.Cc1cc(C(C)C)ccc1O. The number of hydrogen-bond donors (Lipinski definition) is 13. The molecule has 13 N–H and O–H groups in total. The van der Waals surface area contributed by atoms with Crippen LogP contribution in [0, 0.1) is 18.7 Å². The van der Waals surface area contributed by atoms with E-state index in [2.05, 4.69) is 60.7 Å². The molecule has 1 aliphatic rings. The molecule has 1 atom stereocenters. The Bertz CT molecular complexity index is 3320. The zero-order chi connectivity index (χ0) is 73.4. The lowest BCUT2D eigenvalue weighted by molar-refractivity contribution is 0.397. The third-order valence-corrected chi connectivity index (χ3v) is 16.0. The molecule has 8 aromatic carbocycles. The van der Waals surface area contributed by atoms with Crippen molar-refractivity contribution >= 4 is 23.2 Å². The van der Waals surface area contributed by atoms with Crippen LogP contribution < -0.4 is 5.32 Å². The number of aryl methyl sites for hydroxylation is 1. The van der Waals surface area contributed by atoms with Gasteiger partial charge in [-0.15, -0.1) is 0 Å². The van der Waals surface area contributed by atoms with Crippen LogP contribution in [-0.4, -0.2) is 73.9 Å². The summed E-state index contributed by atoms with van der Waals surface area (Å²) in [5, 5.41) is 113. The van der Waals surface area contributed by atoms with Gasteiger partial charge in [0.15, 0.2) is 46.1 Å². The summed E-state index contributed by atoms with van der Waals surface area (Å²) in [5.74, 6) is 3.55. The van der Waals surface area contributed by atoms with Gasteiger partial charge in [0.05, 0.1) is 10.0 Å². The van der Waals surface area contributed by atoms with Crippen LogP contribution >= 0.6 is 23.2 Å². The highest BCUT2D eigenvalue weighted by Gasteiger charge is 2.17. The number of nitrogens with one attached hydrogen (secondary N) is 1. The van der Waals surface area contributed by atoms with Gasteiger partial charge in [-0.05, 0) is 197 Å². The first-order valence-electron chi connectivity index (χ1n) is 32.8. The van der Waals surface area contributed by atoms with Crippen molar-refractivity contribution in [2.75, 3.05) is 6.54 Å². The van der Waals surface area contributed by atoms with Crippen LogP contribution in [0.25, 0.3) is 0 Å². The van der Waals surface area contributed by atoms with E-state index in [1.54, 1.807) is 78.9 Å². The average molecular weight is 1370 g/mol. The summed E-state index contributed by atoms with van der Waals surface area (Å²) in [4.78, 5) is 0. The second-order valence-corrected chi connectivity index (χ2v) is 27.1. The smallest absolute Gasteiger partial charge is 0.176 e. The number of halogens is 3. The van der Waals surface area contributed by atoms with Crippen molar-refractivity contribution in [3.05, 3.63) is 212 Å². The lowest BCUT2D eigenvalue weighted by atomic mass is 10.0. The Hall–Kier alpha value is -8.17. The minimum atomic E-state index is -0.545. The molecular formula is C80H110Cl2FNO12. The Labute approximate surface area is 581 Å². The maximum atomic E-state index is 12.7. The van der Waals surface area contributed by atoms with Crippen molar-refractivity contribution in [2.24, 2.45) is 5.92 Å². The molecule has 0 radical (unpaired) electrons. The minimum Gasteiger partial charge on any atom is -0.508 e. The third-order valence-electron chi connectivity index (χ3n) is 15.3. The topological polar surface area (TPSA) is 255 Å². The number of aromatic hydroxyl groups is 12. The van der Waals surface area contributed by atoms with Gasteiger partial charge in [-0.2, -0.15) is 0 Å². The normalized spacial score (nSPS) is 12.1. The van der Waals surface area contributed by atoms with Gasteiger partial charge in [-0.25, -0.2) is 4.39 Å². The Kier molecular flexibility index (Phi) is 38.5. The van der Waals surface area contributed by atoms with Crippen LogP contribution in [-0.2, 0) is 0 Å². The Morgan fingerprint density at radius 2 is 0.771 bits per heavy atom. The molecule has 9 rings (SSSR count). The van der Waals surface area contributed by atoms with E-state index in [1.165, 1.54) is 66.9 Å². The van der Waals surface area contributed by atoms with Crippen molar-refractivity contribution in [3.63, 3.8) is 0 Å². The molecule has 1 fully saturated rings. The summed E-state index contributed by atoms with van der Waals surface area (Å²) in [5.41, 5.74) is 9.06. The van der Waals surface area contributed by atoms with Crippen LogP contribution in [0.15, 0.2) is 146 Å². The Morgan fingerprint density at radius 3 is 1.18 bits per heavy atom. The highest BCUT2D eigenvalue weighted by atomic mass is 35.5. The Morgan fingerprint density at radius 1 is 0.354 bits per heavy atom. The second-order valence-electron chi connectivity index (χ2n) is 26.3. The highest BCUT2D eigenvalue weighted by Crippen LogP contribution is 2.39. The summed E-state index contributed by atoms with van der Waals surface area (Å²) >= 11 is 11.5. The van der Waals surface area contributed by atoms with Crippen molar-refractivity contribution < 1.29 is 65.7 Å². The molecule has 0 bridgehead atoms. The predicted molar refractivity (Wildman–Crippen MR) is 395 cm³/mol. The van der Waals surface area contributed by atoms with E-state index in [0.717, 1.165) is 50.9 Å². The summed E-state index contributed by atoms with van der Waals surface area (Å²) in [6, 6.07) is 41.4. The zero-order valence-electron chi connectivity index (χ0n) is 59.8. The van der Waals surface area contributed by atoms with Gasteiger partial charge < -0.3 is 66.6 Å². The van der Waals surface area contributed by atoms with Crippen LogP contribution in [0.4, 0.5) is 4.39 Å². The molecule has 1 heterocycles. The van der Waals surface area contributed by atoms with Gasteiger partial charge in [-0.3, -0.25) is 0 Å². The van der Waals surface area contributed by atoms with Gasteiger partial charge in [0.1, 0.15) is 28.7 Å². The van der Waals surface area contributed by atoms with E-state index in [0.29, 0.717) is 46.1 Å². The molecule has 0 unspecified atom stereocenters. The summed E-state index contributed by atoms with van der Waals surface area (Å²) in [7, 11) is 0. The molecule has 0 aromatic heterocycles. The van der Waals surface area contributed by atoms with E-state index in [1.807, 2.05) is 106 Å². The average Bonchev–Trinajstić information content (AvgIpc) is 1.45. The number of benzene rings is 8. The maximum absolute atomic E-state index is 12.7. The van der Waals surface area contributed by atoms with Gasteiger partial charge in [0.2, 0.25) is 0 Å². The number of para-hydroxylation sites is 1. The van der Waals surface area contributed by atoms with Gasteiger partial charge in [0, 0.05) is 17.7 Å². The Balaban J connectivity index is 0.000000541. The second kappa shape index (κ2) is 43.1. The summed E-state index contributed by atoms with van der Waals surface area (Å²) < 4.78 is 12.7. The fourth-order valence-electron chi connectivity index (χ4n) is 8.89. The van der Waals surface area contributed by atoms with E-state index in [-0.39, 0.29) is 80.3 Å². The van der Waals surface area contributed by atoms with Gasteiger partial charge >= 0.3 is 0 Å². The molecule has 528 valence electrons. The number of rotatable bonds is 9. The standard InChI is InChI=1S/C10H14O.C9H11ClO2.C9H11ClO.C9H11FO.3C9H12O2.C9H12O.C7H15N/c1-7(2)9-4-5-10(11)8(3)6-9;1-5(2)6-3-4-7(11)9(12)8(6)10;2*1-6(2)7-3-4-9(11)8(10)5-7;1-6(2)8-4-3-7(10)5-9(8)11;1-6(2)7-3-4-8(10)9(11)5-7;1-6(2)7-4-3-5-8(10)9(7)11;1-7(2)8-3-5-9(10)6-4-8;1-6(2)7-4-3-5-8-7/h4-7,11H,1-3H3;3-5,11-12H,1-2H3;2*3-6,11H,1-2H3;3*3-6,10-11H,1-2H3;3-7,10H,1-2H3;6-8H,3-5H2,1-2H3/t;;;;;;;;7-/m........1/s1. The van der Waals surface area contributed by atoms with Crippen LogP contribution in [0.5, 0.6) is 69.0 Å². The van der Waals surface area contributed by atoms with Gasteiger partial charge in [-0.1, -0.05) is 215 Å². The molecular weight excluding hydrogens is 1260 g/mol. The van der Waals surface area contributed by atoms with Crippen LogP contribution in [0.3, 0.4) is 0 Å². The lowest BCUT2D eigenvalue weighted by Gasteiger charge is -2.12. The highest BCUT2D eigenvalue weighted by molar-refractivity contribution is 6.33. The van der Waals surface area contributed by atoms with E-state index in [9.17, 15) is 24.8 Å². The number of hydrogen-bond acceptors (Lipinski definition) is 13. The molecule has 0 saturated carbocycles. The largest absolute Gasteiger partial charge is 0.508 e. The molecule has 0 spiro atoms. The molecule has 1 aliphatic heterocycles. The summed E-state index contributed by atoms with van der Waals surface area (Å²) in [6.45, 7) is 40.3. The molecule has 13 nitrogen and oxygen atoms in total. The molecule has 1 saturated heterocycles. The minimum absolute atomic E-state index is 0.00231. The van der Waals surface area contributed by atoms with E-state index < -0.39 is 5.82 Å². The lowest BCUT2D eigenvalue weighted by Crippen LogP contribution is -2.26. The maximum Gasteiger partial charge on any atom is 0.176 e. The monoisotopic (exact) mass is 1370 g/mol. The van der Waals surface area contributed by atoms with E-state index in [4.69, 9.17) is 64.1 Å². The van der Waals surface area contributed by atoms with Crippen molar-refractivity contribution in [1.82, 2.24) is 5.32 Å². The first kappa shape index (κ1) is 85.8. The fraction of sp³-hybridized carbons (Fsp3) is 0.400. The van der Waals surface area contributed by atoms with Gasteiger partial charge in [0.25, 0.3) is 0 Å². The van der Waals surface area contributed by atoms with Crippen molar-refractivity contribution in [3.8, 4) is 69.0 Å². The summed E-state index contributed by atoms with van der Waals surface area (Å²) in [6.07, 6.45) is 2.76. The first-order chi connectivity index (χ1) is 44.7. The predicted octanol–water partition coefficient (Wildman–Crippen LogP) is 22.1. The fourth-order valence-corrected chi connectivity index (χ4v) is 9.46. The molecule has 0 aliphatic carbocycles. The van der Waals surface area contributed by atoms with E-state index >= 15 is 0 Å². The van der Waals surface area contributed by atoms with Crippen molar-refractivity contribution in [1.29, 1.82) is 0 Å².